The van der Waals surface area contributed by atoms with Gasteiger partial charge in [-0.1, -0.05) is 138 Å². The van der Waals surface area contributed by atoms with Crippen LogP contribution in [0.2, 0.25) is 0 Å². The molecule has 0 rings (SSSR count). The van der Waals surface area contributed by atoms with Crippen LogP contribution in [0, 0.1) is 0 Å². The van der Waals surface area contributed by atoms with Crippen LogP contribution < -0.4 is 0 Å². The number of hydrogen-bond acceptors (Lipinski definition) is 12. The lowest BCUT2D eigenvalue weighted by Gasteiger charge is -2.52. The Morgan fingerprint density at radius 3 is 0.823 bits per heavy atom. The van der Waals surface area contributed by atoms with Gasteiger partial charge in [-0.2, -0.15) is 0 Å². The van der Waals surface area contributed by atoms with Crippen LogP contribution in [-0.4, -0.2) is 111 Å². The fourth-order valence-corrected chi connectivity index (χ4v) is 13.1. The summed E-state index contributed by atoms with van der Waals surface area (Å²) in [5.41, 5.74) is 0. The molecule has 0 unspecified atom stereocenters. The molecule has 0 amide bonds. The average Bonchev–Trinajstić information content (AvgIpc) is 3.21. The van der Waals surface area contributed by atoms with Gasteiger partial charge in [0.2, 0.25) is 50.1 Å². The van der Waals surface area contributed by atoms with E-state index in [0.29, 0.717) is 32.1 Å². The van der Waals surface area contributed by atoms with Crippen LogP contribution in [0.15, 0.2) is 12.7 Å². The van der Waals surface area contributed by atoms with Crippen molar-refractivity contribution in [3.05, 3.63) is 12.7 Å². The zero-order chi connectivity index (χ0) is 48.1. The molecule has 0 fully saturated rings. The van der Waals surface area contributed by atoms with Crippen molar-refractivity contribution in [3.8, 4) is 0 Å². The maximum atomic E-state index is 17.9. The molecule has 17 nitrogen and oxygen atoms in total. The Morgan fingerprint density at radius 2 is 0.629 bits per heavy atom. The summed E-state index contributed by atoms with van der Waals surface area (Å²) in [6.45, 7) is 11.2. The highest BCUT2D eigenvalue weighted by atomic mass is 32.2. The second kappa shape index (κ2) is 27.8. The zero-order valence-corrected chi connectivity index (χ0v) is 40.6. The smallest absolute Gasteiger partial charge is 0.362 e. The summed E-state index contributed by atoms with van der Waals surface area (Å²) < 4.78 is 223. The van der Waals surface area contributed by atoms with E-state index in [0.717, 1.165) is 0 Å². The van der Waals surface area contributed by atoms with Gasteiger partial charge in [-0.15, -0.1) is 22.4 Å². The molecule has 0 saturated heterocycles. The fourth-order valence-electron chi connectivity index (χ4n) is 6.06. The van der Waals surface area contributed by atoms with Crippen LogP contribution in [0.1, 0.15) is 163 Å². The van der Waals surface area contributed by atoms with Crippen molar-refractivity contribution in [2.24, 2.45) is 0 Å². The van der Waals surface area contributed by atoms with Crippen molar-refractivity contribution in [3.63, 3.8) is 0 Å². The minimum Gasteiger partial charge on any atom is -0.415 e. The summed E-state index contributed by atoms with van der Waals surface area (Å²) in [7, 11) is -31.9. The van der Waals surface area contributed by atoms with Crippen molar-refractivity contribution in [1.82, 2.24) is 22.6 Å². The Balaban J connectivity index is 9.59. The molecule has 0 radical (unpaired) electrons. The van der Waals surface area contributed by atoms with Crippen molar-refractivity contribution in [2.75, 3.05) is 28.8 Å². The highest BCUT2D eigenvalue weighted by Gasteiger charge is 2.85. The zero-order valence-electron chi connectivity index (χ0n) is 36.5. The van der Waals surface area contributed by atoms with E-state index in [2.05, 4.69) is 11.3 Å². The van der Waals surface area contributed by atoms with E-state index in [1.165, 1.54) is 0 Å². The second-order valence-corrected chi connectivity index (χ2v) is 24.3. The van der Waals surface area contributed by atoms with Gasteiger partial charge in [0.1, 0.15) is 0 Å². The van der Waals surface area contributed by atoms with Crippen LogP contribution in [0.25, 0.3) is 0 Å². The Bertz CT molecular complexity index is 1750. The first kappa shape index (κ1) is 60.4. The van der Waals surface area contributed by atoms with E-state index in [9.17, 15) is 46.9 Å². The van der Waals surface area contributed by atoms with E-state index in [-0.39, 0.29) is 70.3 Å². The van der Waals surface area contributed by atoms with Gasteiger partial charge in [0.05, 0.1) is 28.8 Å². The maximum Gasteiger partial charge on any atom is 0.362 e. The summed E-state index contributed by atoms with van der Waals surface area (Å²) in [5, 5.41) is 0. The standard InChI is InChI=1S/C35H68F5N5O12S5/c1-7-13-18-23-28-58(47,48)41(36)34(42(37)59(49,50)29-24-19-14-8-2,43(38)60(51,52)30-25-20-15-9-3)35(57-33(46)12-6,44(39)61(53,54)31-26-21-16-10-4)45(40)62(55,56)32-27-22-17-11-5/h12H,6-11,13-32H2,1-5H3. The normalized spacial score (nSPS) is 13.9. The van der Waals surface area contributed by atoms with E-state index in [1.54, 1.807) is 34.6 Å². The number of unbranched alkanes of at least 4 members (excludes halogenated alkanes) is 15. The Labute approximate surface area is 367 Å². The minimum absolute atomic E-state index is 0.0760. The Hall–Kier alpha value is -1.59. The summed E-state index contributed by atoms with van der Waals surface area (Å²) >= 11 is 0. The van der Waals surface area contributed by atoms with E-state index in [4.69, 9.17) is 0 Å². The number of carbonyl (C=O) groups excluding carboxylic acids is 1. The molecule has 0 aromatic rings. The predicted octanol–water partition coefficient (Wildman–Crippen LogP) is 7.51. The van der Waals surface area contributed by atoms with Crippen molar-refractivity contribution < 1.29 is 74.0 Å². The average molecular weight is 1010 g/mol. The largest absolute Gasteiger partial charge is 0.415 e. The number of rotatable bonds is 38. The molecule has 0 aliphatic rings. The molecule has 0 aliphatic heterocycles. The summed E-state index contributed by atoms with van der Waals surface area (Å²) in [6, 6.07) is 0. The number of hydrogen-bond donors (Lipinski definition) is 0. The third-order valence-electron chi connectivity index (χ3n) is 9.56. The molecule has 27 heteroatoms. The predicted molar refractivity (Wildman–Crippen MR) is 226 cm³/mol. The lowest BCUT2D eigenvalue weighted by atomic mass is 10.2. The van der Waals surface area contributed by atoms with Gasteiger partial charge in [0.25, 0.3) is 0 Å². The number of esters is 1. The monoisotopic (exact) mass is 1010 g/mol. The first-order chi connectivity index (χ1) is 28.8. The van der Waals surface area contributed by atoms with E-state index < -0.39 is 151 Å². The lowest BCUT2D eigenvalue weighted by Crippen LogP contribution is -2.86. The van der Waals surface area contributed by atoms with Crippen LogP contribution in [0.3, 0.4) is 0 Å². The van der Waals surface area contributed by atoms with Crippen LogP contribution in [0.5, 0.6) is 0 Å². The van der Waals surface area contributed by atoms with Gasteiger partial charge < -0.3 is 4.74 Å². The van der Waals surface area contributed by atoms with Crippen LogP contribution in [-0.2, 0) is 59.6 Å². The maximum absolute atomic E-state index is 17.9. The quantitative estimate of drug-likeness (QED) is 0.0147. The molecule has 0 aliphatic carbocycles. The minimum atomic E-state index is -6.42. The third kappa shape index (κ3) is 16.1. The van der Waals surface area contributed by atoms with Crippen molar-refractivity contribution in [1.29, 1.82) is 0 Å². The highest BCUT2D eigenvalue weighted by molar-refractivity contribution is 7.91. The molecular weight excluding hydrogens is 938 g/mol. The second-order valence-electron chi connectivity index (χ2n) is 14.8. The van der Waals surface area contributed by atoms with E-state index >= 15 is 22.4 Å². The molecule has 0 aromatic carbocycles. The lowest BCUT2D eigenvalue weighted by molar-refractivity contribution is -0.409. The number of halogens is 5. The molecule has 0 saturated carbocycles. The van der Waals surface area contributed by atoms with Gasteiger partial charge >= 0.3 is 17.6 Å². The molecule has 0 atom stereocenters. The first-order valence-corrected chi connectivity index (χ1v) is 29.1. The number of carbonyl (C=O) groups is 1. The van der Waals surface area contributed by atoms with Gasteiger partial charge in [-0.3, -0.25) is 0 Å². The van der Waals surface area contributed by atoms with Crippen LogP contribution in [0.4, 0.5) is 22.4 Å². The number of nitrogens with zero attached hydrogens (tertiary/aromatic N) is 5. The summed E-state index contributed by atoms with van der Waals surface area (Å²) in [4.78, 5) is 13.3. The summed E-state index contributed by atoms with van der Waals surface area (Å²) in [5.74, 6) is -23.0. The Morgan fingerprint density at radius 1 is 0.419 bits per heavy atom. The molecule has 62 heavy (non-hydrogen) atoms. The van der Waals surface area contributed by atoms with Gasteiger partial charge in [-0.05, 0) is 32.1 Å². The molecule has 0 spiro atoms. The molecule has 370 valence electrons. The van der Waals surface area contributed by atoms with Gasteiger partial charge in [0, 0.05) is 28.7 Å². The topological polar surface area (TPSA) is 213 Å². The van der Waals surface area contributed by atoms with Gasteiger partial charge in [-0.25, -0.2) is 46.9 Å². The van der Waals surface area contributed by atoms with Crippen molar-refractivity contribution in [2.45, 2.75) is 175 Å². The molecule has 0 heterocycles. The van der Waals surface area contributed by atoms with Crippen LogP contribution >= 0.6 is 0 Å². The molecule has 0 N–H and O–H groups in total. The Kier molecular flexibility index (Phi) is 27.1. The van der Waals surface area contributed by atoms with Crippen molar-refractivity contribution >= 4 is 56.1 Å². The molecule has 0 bridgehead atoms. The fraction of sp³-hybridized carbons (Fsp3) is 0.914. The van der Waals surface area contributed by atoms with Gasteiger partial charge in [0.15, 0.2) is 0 Å². The van der Waals surface area contributed by atoms with E-state index in [1.807, 2.05) is 0 Å². The number of sulfonamides is 5. The SMILES string of the molecule is C=CC(=O)OC(N(F)S(=O)(=O)CCCCCC)(N(F)S(=O)(=O)CCCCCC)C(N(F)S(=O)(=O)CCCCCC)(N(F)S(=O)(=O)CCCCCC)N(F)S(=O)(=O)CCCCCC. The molecule has 0 aromatic heterocycles. The summed E-state index contributed by atoms with van der Waals surface area (Å²) in [6.07, 6.45) is -0.472. The number of ether oxygens (including phenoxy) is 1. The molecular formula is C35H68F5N5O12S5. The highest BCUT2D eigenvalue weighted by Crippen LogP contribution is 2.51. The first-order valence-electron chi connectivity index (χ1n) is 21.1. The third-order valence-corrected chi connectivity index (χ3v) is 17.3.